The van der Waals surface area contributed by atoms with Crippen LogP contribution < -0.4 is 0 Å². The Bertz CT molecular complexity index is 529. The van der Waals surface area contributed by atoms with Gasteiger partial charge in [0.1, 0.15) is 0 Å². The number of rotatable bonds is 9. The first kappa shape index (κ1) is 18.6. The van der Waals surface area contributed by atoms with Crippen molar-refractivity contribution in [1.29, 1.82) is 0 Å². The van der Waals surface area contributed by atoms with Crippen LogP contribution in [0.25, 0.3) is 6.08 Å². The van der Waals surface area contributed by atoms with E-state index in [9.17, 15) is 9.36 Å². The Labute approximate surface area is 131 Å². The lowest BCUT2D eigenvalue weighted by atomic mass is 10.1. The van der Waals surface area contributed by atoms with Crippen LogP contribution in [0.5, 0.6) is 0 Å². The third-order valence-corrected chi connectivity index (χ3v) is 4.72. The number of carbonyl (C=O) groups is 1. The van der Waals surface area contributed by atoms with Crippen molar-refractivity contribution in [3.05, 3.63) is 41.5 Å². The zero-order valence-electron chi connectivity index (χ0n) is 13.3. The molecule has 6 heteroatoms. The standard InChI is InChI=1S/C16H23O5P/c1-4-19-16(17)15(12-14-10-8-7-9-11-14)13-22(18,20-5-2)21-6-3/h7-12H,4-6,13H2,1-3H3/b15-12-. The minimum Gasteiger partial charge on any atom is -0.463 e. The fourth-order valence-corrected chi connectivity index (χ4v) is 3.56. The smallest absolute Gasteiger partial charge is 0.335 e. The molecule has 0 unspecified atom stereocenters. The Morgan fingerprint density at radius 3 is 2.14 bits per heavy atom. The minimum absolute atomic E-state index is 0.109. The second-order valence-electron chi connectivity index (χ2n) is 4.41. The van der Waals surface area contributed by atoms with E-state index in [2.05, 4.69) is 0 Å². The fraction of sp³-hybridized carbons (Fsp3) is 0.438. The maximum Gasteiger partial charge on any atom is 0.335 e. The van der Waals surface area contributed by atoms with E-state index in [0.29, 0.717) is 0 Å². The van der Waals surface area contributed by atoms with Crippen molar-refractivity contribution in [2.24, 2.45) is 0 Å². The molecule has 1 rings (SSSR count). The summed E-state index contributed by atoms with van der Waals surface area (Å²) >= 11 is 0. The molecule has 0 aliphatic carbocycles. The maximum absolute atomic E-state index is 12.6. The van der Waals surface area contributed by atoms with Gasteiger partial charge in [-0.15, -0.1) is 0 Å². The Hall–Kier alpha value is -1.42. The van der Waals surface area contributed by atoms with Gasteiger partial charge in [-0.3, -0.25) is 4.57 Å². The van der Waals surface area contributed by atoms with E-state index >= 15 is 0 Å². The van der Waals surface area contributed by atoms with E-state index in [4.69, 9.17) is 13.8 Å². The predicted octanol–water partition coefficient (Wildman–Crippen LogP) is 3.90. The Kier molecular flexibility index (Phi) is 8.10. The van der Waals surface area contributed by atoms with Gasteiger partial charge in [0.2, 0.25) is 0 Å². The first-order valence-corrected chi connectivity index (χ1v) is 9.08. The molecule has 0 bridgehead atoms. The Morgan fingerprint density at radius 2 is 1.64 bits per heavy atom. The van der Waals surface area contributed by atoms with Crippen LogP contribution >= 0.6 is 7.60 Å². The number of hydrogen-bond donors (Lipinski definition) is 0. The van der Waals surface area contributed by atoms with Gasteiger partial charge in [-0.1, -0.05) is 30.3 Å². The molecule has 0 fully saturated rings. The van der Waals surface area contributed by atoms with E-state index in [1.807, 2.05) is 30.3 Å². The van der Waals surface area contributed by atoms with Crippen LogP contribution in [0.3, 0.4) is 0 Å². The molecule has 0 heterocycles. The maximum atomic E-state index is 12.6. The highest BCUT2D eigenvalue weighted by molar-refractivity contribution is 7.54. The third kappa shape index (κ3) is 6.14. The van der Waals surface area contributed by atoms with Crippen molar-refractivity contribution >= 4 is 19.6 Å². The van der Waals surface area contributed by atoms with E-state index in [1.54, 1.807) is 26.8 Å². The van der Waals surface area contributed by atoms with Crippen molar-refractivity contribution in [3.63, 3.8) is 0 Å². The molecule has 0 N–H and O–H groups in total. The minimum atomic E-state index is -3.36. The zero-order valence-corrected chi connectivity index (χ0v) is 14.2. The van der Waals surface area contributed by atoms with Gasteiger partial charge in [0.25, 0.3) is 0 Å². The van der Waals surface area contributed by atoms with Gasteiger partial charge < -0.3 is 13.8 Å². The summed E-state index contributed by atoms with van der Waals surface area (Å²) in [4.78, 5) is 12.1. The summed E-state index contributed by atoms with van der Waals surface area (Å²) < 4.78 is 28.2. The summed E-state index contributed by atoms with van der Waals surface area (Å²) in [5.74, 6) is -0.508. The van der Waals surface area contributed by atoms with E-state index in [0.717, 1.165) is 5.56 Å². The molecule has 0 radical (unpaired) electrons. The monoisotopic (exact) mass is 326 g/mol. The highest BCUT2D eigenvalue weighted by Gasteiger charge is 2.28. The number of ether oxygens (including phenoxy) is 1. The summed E-state index contributed by atoms with van der Waals surface area (Å²) in [7, 11) is -3.36. The fourth-order valence-electron chi connectivity index (χ4n) is 1.87. The number of hydrogen-bond acceptors (Lipinski definition) is 5. The highest BCUT2D eigenvalue weighted by atomic mass is 31.2. The van der Waals surface area contributed by atoms with Gasteiger partial charge in [-0.2, -0.15) is 0 Å². The van der Waals surface area contributed by atoms with Gasteiger partial charge in [0.05, 0.1) is 26.0 Å². The van der Waals surface area contributed by atoms with Gasteiger partial charge in [0, 0.05) is 5.57 Å². The van der Waals surface area contributed by atoms with Gasteiger partial charge in [-0.05, 0) is 32.4 Å². The van der Waals surface area contributed by atoms with Crippen LogP contribution in [-0.2, 0) is 23.1 Å². The Morgan fingerprint density at radius 1 is 1.05 bits per heavy atom. The zero-order chi connectivity index (χ0) is 16.4. The van der Waals surface area contributed by atoms with Gasteiger partial charge >= 0.3 is 13.6 Å². The first-order chi connectivity index (χ1) is 10.5. The number of esters is 1. The summed E-state index contributed by atoms with van der Waals surface area (Å²) in [6.45, 7) is 5.94. The van der Waals surface area contributed by atoms with Crippen molar-refractivity contribution in [1.82, 2.24) is 0 Å². The first-order valence-electron chi connectivity index (χ1n) is 7.35. The molecule has 0 aliphatic heterocycles. The molecule has 0 saturated carbocycles. The average Bonchev–Trinajstić information content (AvgIpc) is 2.48. The summed E-state index contributed by atoms with van der Waals surface area (Å²) in [5.41, 5.74) is 1.10. The van der Waals surface area contributed by atoms with E-state index in [1.165, 1.54) is 0 Å². The normalized spacial score (nSPS) is 12.2. The third-order valence-electron chi connectivity index (χ3n) is 2.69. The van der Waals surface area contributed by atoms with E-state index in [-0.39, 0.29) is 31.6 Å². The van der Waals surface area contributed by atoms with Crippen LogP contribution in [0.2, 0.25) is 0 Å². The lowest BCUT2D eigenvalue weighted by molar-refractivity contribution is -0.138. The Balaban J connectivity index is 3.07. The lowest BCUT2D eigenvalue weighted by Gasteiger charge is -2.18. The highest BCUT2D eigenvalue weighted by Crippen LogP contribution is 2.49. The van der Waals surface area contributed by atoms with Crippen LogP contribution in [0.4, 0.5) is 0 Å². The summed E-state index contributed by atoms with van der Waals surface area (Å²) in [6.07, 6.45) is 1.55. The second kappa shape index (κ2) is 9.57. The molecule has 22 heavy (non-hydrogen) atoms. The molecule has 122 valence electrons. The molecular weight excluding hydrogens is 303 g/mol. The SMILES string of the molecule is CCOC(=O)/C(=C\c1ccccc1)CP(=O)(OCC)OCC. The second-order valence-corrected chi connectivity index (χ2v) is 6.46. The number of benzene rings is 1. The summed E-state index contributed by atoms with van der Waals surface area (Å²) in [5, 5.41) is 0. The molecule has 0 atom stereocenters. The quantitative estimate of drug-likeness (QED) is 0.391. The van der Waals surface area contributed by atoms with Crippen molar-refractivity contribution < 1.29 is 23.1 Å². The molecule has 5 nitrogen and oxygen atoms in total. The average molecular weight is 326 g/mol. The van der Waals surface area contributed by atoms with Gasteiger partial charge in [-0.25, -0.2) is 4.79 Å². The molecule has 0 saturated heterocycles. The predicted molar refractivity (Wildman–Crippen MR) is 86.8 cm³/mol. The van der Waals surface area contributed by atoms with Crippen molar-refractivity contribution in [2.45, 2.75) is 20.8 Å². The van der Waals surface area contributed by atoms with Crippen LogP contribution in [0, 0.1) is 0 Å². The van der Waals surface area contributed by atoms with Crippen molar-refractivity contribution in [2.75, 3.05) is 26.0 Å². The molecule has 0 aromatic heterocycles. The van der Waals surface area contributed by atoms with Crippen LogP contribution in [-0.4, -0.2) is 32.0 Å². The molecule has 1 aromatic carbocycles. The molecule has 1 aromatic rings. The number of carbonyl (C=O) groups excluding carboxylic acids is 1. The molecular formula is C16H23O5P. The largest absolute Gasteiger partial charge is 0.463 e. The lowest BCUT2D eigenvalue weighted by Crippen LogP contribution is -2.13. The van der Waals surface area contributed by atoms with Crippen LogP contribution in [0.1, 0.15) is 26.3 Å². The van der Waals surface area contributed by atoms with Crippen molar-refractivity contribution in [3.8, 4) is 0 Å². The summed E-state index contributed by atoms with van der Waals surface area (Å²) in [6, 6.07) is 9.31. The molecule has 0 amide bonds. The molecule has 0 aliphatic rings. The van der Waals surface area contributed by atoms with Crippen LogP contribution in [0.15, 0.2) is 35.9 Å². The van der Waals surface area contributed by atoms with E-state index < -0.39 is 13.6 Å². The van der Waals surface area contributed by atoms with Gasteiger partial charge in [0.15, 0.2) is 0 Å². The topological polar surface area (TPSA) is 61.8 Å². The molecule has 0 spiro atoms.